The van der Waals surface area contributed by atoms with E-state index in [0.717, 1.165) is 17.2 Å². The molecule has 0 saturated carbocycles. The largest absolute Gasteiger partial charge is 0.497 e. The number of hydrogen-bond acceptors (Lipinski definition) is 3. The van der Waals surface area contributed by atoms with Gasteiger partial charge in [-0.15, -0.1) is 21.8 Å². The van der Waals surface area contributed by atoms with E-state index in [1.165, 1.54) is 0 Å². The normalized spacial score (nSPS) is 10.6. The summed E-state index contributed by atoms with van der Waals surface area (Å²) in [5.74, 6) is 1.85. The maximum atomic E-state index is 5.67. The lowest BCUT2D eigenvalue weighted by Gasteiger charge is -1.99. The average molecular weight is 198 g/mol. The van der Waals surface area contributed by atoms with Crippen molar-refractivity contribution in [3.8, 4) is 5.75 Å². The predicted octanol–water partition coefficient (Wildman–Crippen LogP) is 1.48. The molecule has 0 aliphatic rings. The zero-order valence-corrected chi connectivity index (χ0v) is 7.82. The Morgan fingerprint density at radius 2 is 2.38 bits per heavy atom. The minimum absolute atomic E-state index is 0.355. The number of pyridine rings is 1. The molecule has 0 radical (unpaired) electrons. The first-order valence-electron chi connectivity index (χ1n) is 3.79. The van der Waals surface area contributed by atoms with Gasteiger partial charge in [0.05, 0.1) is 13.0 Å². The highest BCUT2D eigenvalue weighted by Crippen LogP contribution is 2.13. The number of methoxy groups -OCH3 is 1. The van der Waals surface area contributed by atoms with Crippen molar-refractivity contribution in [2.45, 2.75) is 5.88 Å². The fourth-order valence-electron chi connectivity index (χ4n) is 1.14. The molecular formula is C8H8ClN3O. The SMILES string of the molecule is COc1ccn2c(CCl)nnc2c1. The van der Waals surface area contributed by atoms with E-state index in [-0.39, 0.29) is 0 Å². The van der Waals surface area contributed by atoms with Crippen LogP contribution in [0.5, 0.6) is 5.75 Å². The van der Waals surface area contributed by atoms with E-state index < -0.39 is 0 Å². The fraction of sp³-hybridized carbons (Fsp3) is 0.250. The average Bonchev–Trinajstić information content (AvgIpc) is 2.59. The van der Waals surface area contributed by atoms with Gasteiger partial charge in [0, 0.05) is 12.3 Å². The first-order chi connectivity index (χ1) is 6.35. The van der Waals surface area contributed by atoms with Crippen LogP contribution >= 0.6 is 11.6 Å². The Kier molecular flexibility index (Phi) is 2.06. The van der Waals surface area contributed by atoms with Crippen LogP contribution in [0.25, 0.3) is 5.65 Å². The minimum Gasteiger partial charge on any atom is -0.497 e. The number of ether oxygens (including phenoxy) is 1. The van der Waals surface area contributed by atoms with E-state index in [1.807, 2.05) is 22.7 Å². The Hall–Kier alpha value is -1.29. The van der Waals surface area contributed by atoms with Crippen LogP contribution in [0.15, 0.2) is 18.3 Å². The second kappa shape index (κ2) is 3.22. The van der Waals surface area contributed by atoms with Crippen LogP contribution in [-0.2, 0) is 5.88 Å². The zero-order valence-electron chi connectivity index (χ0n) is 7.07. The van der Waals surface area contributed by atoms with Gasteiger partial charge in [0.2, 0.25) is 0 Å². The Morgan fingerprint density at radius 3 is 3.08 bits per heavy atom. The van der Waals surface area contributed by atoms with Gasteiger partial charge >= 0.3 is 0 Å². The summed E-state index contributed by atoms with van der Waals surface area (Å²) in [4.78, 5) is 0. The topological polar surface area (TPSA) is 39.4 Å². The highest BCUT2D eigenvalue weighted by Gasteiger charge is 2.03. The molecule has 0 fully saturated rings. The van der Waals surface area contributed by atoms with Crippen LogP contribution < -0.4 is 4.74 Å². The third-order valence-corrected chi connectivity index (χ3v) is 2.05. The summed E-state index contributed by atoms with van der Waals surface area (Å²) in [5.41, 5.74) is 0.745. The summed E-state index contributed by atoms with van der Waals surface area (Å²) in [5, 5.41) is 7.86. The van der Waals surface area contributed by atoms with Gasteiger partial charge in [-0.05, 0) is 6.07 Å². The standard InChI is InChI=1S/C8H8ClN3O/c1-13-6-2-3-12-7(4-6)10-11-8(12)5-9/h2-4H,5H2,1H3. The van der Waals surface area contributed by atoms with Crippen molar-refractivity contribution in [1.82, 2.24) is 14.6 Å². The highest BCUT2D eigenvalue weighted by molar-refractivity contribution is 6.16. The third-order valence-electron chi connectivity index (χ3n) is 1.81. The lowest BCUT2D eigenvalue weighted by Crippen LogP contribution is -1.91. The van der Waals surface area contributed by atoms with Crippen LogP contribution in [0.4, 0.5) is 0 Å². The molecule has 0 atom stereocenters. The van der Waals surface area contributed by atoms with E-state index in [2.05, 4.69) is 10.2 Å². The molecule has 0 spiro atoms. The zero-order chi connectivity index (χ0) is 9.26. The van der Waals surface area contributed by atoms with E-state index in [4.69, 9.17) is 16.3 Å². The molecule has 68 valence electrons. The molecule has 2 aromatic heterocycles. The predicted molar refractivity (Wildman–Crippen MR) is 49.1 cm³/mol. The van der Waals surface area contributed by atoms with Crippen LogP contribution in [0, 0.1) is 0 Å². The van der Waals surface area contributed by atoms with Crippen molar-refractivity contribution < 1.29 is 4.74 Å². The molecule has 0 aromatic carbocycles. The first kappa shape index (κ1) is 8.31. The maximum absolute atomic E-state index is 5.67. The van der Waals surface area contributed by atoms with Crippen molar-refractivity contribution in [3.63, 3.8) is 0 Å². The number of nitrogens with zero attached hydrogens (tertiary/aromatic N) is 3. The quantitative estimate of drug-likeness (QED) is 0.685. The molecule has 13 heavy (non-hydrogen) atoms. The molecule has 2 aromatic rings. The molecule has 0 saturated heterocycles. The van der Waals surface area contributed by atoms with E-state index in [0.29, 0.717) is 5.88 Å². The highest BCUT2D eigenvalue weighted by atomic mass is 35.5. The lowest BCUT2D eigenvalue weighted by molar-refractivity contribution is 0.414. The second-order valence-electron chi connectivity index (χ2n) is 2.54. The van der Waals surface area contributed by atoms with Gasteiger partial charge in [-0.2, -0.15) is 0 Å². The molecule has 2 rings (SSSR count). The van der Waals surface area contributed by atoms with Gasteiger partial charge in [0.25, 0.3) is 0 Å². The van der Waals surface area contributed by atoms with Crippen molar-refractivity contribution in [2.75, 3.05) is 7.11 Å². The lowest BCUT2D eigenvalue weighted by atomic mass is 10.4. The molecule has 0 aliphatic heterocycles. The van der Waals surface area contributed by atoms with Gasteiger partial charge < -0.3 is 4.74 Å². The molecule has 0 amide bonds. The third kappa shape index (κ3) is 1.33. The Bertz CT molecular complexity index is 426. The number of halogens is 1. The van der Waals surface area contributed by atoms with Gasteiger partial charge in [0.15, 0.2) is 11.5 Å². The number of fused-ring (bicyclic) bond motifs is 1. The summed E-state index contributed by atoms with van der Waals surface area (Å²) >= 11 is 5.67. The fourth-order valence-corrected chi connectivity index (χ4v) is 1.32. The van der Waals surface area contributed by atoms with Crippen molar-refractivity contribution in [2.24, 2.45) is 0 Å². The van der Waals surface area contributed by atoms with Crippen LogP contribution in [-0.4, -0.2) is 21.7 Å². The number of rotatable bonds is 2. The van der Waals surface area contributed by atoms with E-state index in [9.17, 15) is 0 Å². The molecular weight excluding hydrogens is 190 g/mol. The second-order valence-corrected chi connectivity index (χ2v) is 2.81. The molecule has 0 N–H and O–H groups in total. The van der Waals surface area contributed by atoms with Gasteiger partial charge in [-0.1, -0.05) is 0 Å². The summed E-state index contributed by atoms with van der Waals surface area (Å²) in [6.07, 6.45) is 1.84. The summed E-state index contributed by atoms with van der Waals surface area (Å²) in [6.45, 7) is 0. The Morgan fingerprint density at radius 1 is 1.54 bits per heavy atom. The summed E-state index contributed by atoms with van der Waals surface area (Å²) in [6, 6.07) is 3.65. The summed E-state index contributed by atoms with van der Waals surface area (Å²) < 4.78 is 6.88. The number of alkyl halides is 1. The van der Waals surface area contributed by atoms with Crippen LogP contribution in [0.1, 0.15) is 5.82 Å². The molecule has 5 heteroatoms. The van der Waals surface area contributed by atoms with Gasteiger partial charge in [0.1, 0.15) is 5.75 Å². The molecule has 4 nitrogen and oxygen atoms in total. The molecule has 0 aliphatic carbocycles. The monoisotopic (exact) mass is 197 g/mol. The Labute approximate surface area is 80.1 Å². The summed E-state index contributed by atoms with van der Waals surface area (Å²) in [7, 11) is 1.62. The Balaban J connectivity index is 2.61. The molecule has 0 bridgehead atoms. The first-order valence-corrected chi connectivity index (χ1v) is 4.32. The van der Waals surface area contributed by atoms with Crippen LogP contribution in [0.3, 0.4) is 0 Å². The minimum atomic E-state index is 0.355. The molecule has 0 unspecified atom stereocenters. The maximum Gasteiger partial charge on any atom is 0.164 e. The van der Waals surface area contributed by atoms with Crippen molar-refractivity contribution in [1.29, 1.82) is 0 Å². The van der Waals surface area contributed by atoms with Gasteiger partial charge in [-0.3, -0.25) is 4.40 Å². The number of hydrogen-bond donors (Lipinski definition) is 0. The number of aromatic nitrogens is 3. The molecule has 2 heterocycles. The van der Waals surface area contributed by atoms with Crippen molar-refractivity contribution in [3.05, 3.63) is 24.2 Å². The van der Waals surface area contributed by atoms with E-state index in [1.54, 1.807) is 7.11 Å². The van der Waals surface area contributed by atoms with Gasteiger partial charge in [-0.25, -0.2) is 0 Å². The van der Waals surface area contributed by atoms with E-state index >= 15 is 0 Å². The van der Waals surface area contributed by atoms with Crippen molar-refractivity contribution >= 4 is 17.2 Å². The van der Waals surface area contributed by atoms with Crippen LogP contribution in [0.2, 0.25) is 0 Å². The smallest absolute Gasteiger partial charge is 0.164 e.